The fourth-order valence-electron chi connectivity index (χ4n) is 2.99. The number of benzene rings is 1. The van der Waals surface area contributed by atoms with E-state index in [1.165, 1.54) is 25.7 Å². The number of anilines is 1. The summed E-state index contributed by atoms with van der Waals surface area (Å²) in [4.78, 5) is 1.64. The van der Waals surface area contributed by atoms with Crippen molar-refractivity contribution in [3.63, 3.8) is 0 Å². The highest BCUT2D eigenvalue weighted by Crippen LogP contribution is 2.32. The number of hydrogen-bond acceptors (Lipinski definition) is 3. The molecular formula is C18H25N3O. The van der Waals surface area contributed by atoms with E-state index in [9.17, 15) is 10.5 Å². The predicted molar refractivity (Wildman–Crippen MR) is 89.2 cm³/mol. The number of para-hydroxylation sites is 2. The number of nitrogens with zero attached hydrogens (tertiary/aromatic N) is 2. The average molecular weight is 299 g/mol. The zero-order valence-corrected chi connectivity index (χ0v) is 13.6. The summed E-state index contributed by atoms with van der Waals surface area (Å²) in [5.41, 5.74) is 2.95. The van der Waals surface area contributed by atoms with E-state index in [0.29, 0.717) is 11.4 Å². The number of quaternary nitrogens is 1. The molecule has 0 fully saturated rings. The molecule has 0 aromatic heterocycles. The van der Waals surface area contributed by atoms with Gasteiger partial charge in [0.05, 0.1) is 5.70 Å². The number of unbranched alkanes of at least 4 members (excludes halogenated alkanes) is 5. The van der Waals surface area contributed by atoms with E-state index in [1.807, 2.05) is 25.1 Å². The van der Waals surface area contributed by atoms with E-state index in [1.54, 1.807) is 11.0 Å². The Kier molecular flexibility index (Phi) is 6.00. The van der Waals surface area contributed by atoms with Crippen LogP contribution in [-0.2, 0) is 0 Å². The molecule has 4 nitrogen and oxygen atoms in total. The first-order chi connectivity index (χ1) is 10.7. The molecule has 0 saturated heterocycles. The Balaban J connectivity index is 2.06. The van der Waals surface area contributed by atoms with Gasteiger partial charge in [0, 0.05) is 13.0 Å². The fraction of sp³-hybridized carbons (Fsp3) is 0.500. The average Bonchev–Trinajstić information content (AvgIpc) is 2.55. The lowest BCUT2D eigenvalue weighted by Crippen LogP contribution is -3.00. The minimum Gasteiger partial charge on any atom is -0.624 e. The Morgan fingerprint density at radius 3 is 2.55 bits per heavy atom. The lowest BCUT2D eigenvalue weighted by Gasteiger charge is -2.34. The summed E-state index contributed by atoms with van der Waals surface area (Å²) >= 11 is 0. The Morgan fingerprint density at radius 2 is 1.82 bits per heavy atom. The van der Waals surface area contributed by atoms with Gasteiger partial charge in [-0.05, 0) is 18.9 Å². The minimum atomic E-state index is 0.0584. The van der Waals surface area contributed by atoms with Crippen molar-refractivity contribution >= 4 is 11.4 Å². The summed E-state index contributed by atoms with van der Waals surface area (Å²) in [5, 5.41) is 22.0. The summed E-state index contributed by atoms with van der Waals surface area (Å²) in [6, 6.07) is 7.37. The molecule has 0 radical (unpaired) electrons. The third kappa shape index (κ3) is 3.49. The van der Waals surface area contributed by atoms with Crippen LogP contribution in [0.4, 0.5) is 11.4 Å². The molecule has 22 heavy (non-hydrogen) atoms. The Bertz CT molecular complexity index is 574. The van der Waals surface area contributed by atoms with Gasteiger partial charge in [-0.25, -0.2) is 4.90 Å². The van der Waals surface area contributed by atoms with E-state index < -0.39 is 0 Å². The SMILES string of the molecule is CCCCCCCCC1=C(C)[NH+]([O-])c2ccccc2N1C#N. The summed E-state index contributed by atoms with van der Waals surface area (Å²) in [5.74, 6) is 0. The first-order valence-electron chi connectivity index (χ1n) is 8.24. The Labute approximate surface area is 133 Å². The number of nitrogens with one attached hydrogen (secondary N) is 1. The molecule has 1 unspecified atom stereocenters. The Hall–Kier alpha value is -1.83. The molecule has 1 atom stereocenters. The second-order valence-corrected chi connectivity index (χ2v) is 5.87. The fourth-order valence-corrected chi connectivity index (χ4v) is 2.99. The summed E-state index contributed by atoms with van der Waals surface area (Å²) < 4.78 is 0. The number of rotatable bonds is 7. The van der Waals surface area contributed by atoms with Crippen LogP contribution >= 0.6 is 0 Å². The number of nitriles is 1. The zero-order valence-electron chi connectivity index (χ0n) is 13.6. The van der Waals surface area contributed by atoms with Gasteiger partial charge in [-0.2, -0.15) is 5.26 Å². The van der Waals surface area contributed by atoms with E-state index in [0.717, 1.165) is 30.6 Å². The van der Waals surface area contributed by atoms with Crippen LogP contribution in [0.2, 0.25) is 0 Å². The molecule has 0 spiro atoms. The third-order valence-corrected chi connectivity index (χ3v) is 4.30. The summed E-state index contributed by atoms with van der Waals surface area (Å²) in [6.07, 6.45) is 10.3. The van der Waals surface area contributed by atoms with Crippen LogP contribution in [-0.4, -0.2) is 0 Å². The van der Waals surface area contributed by atoms with Crippen LogP contribution in [0.15, 0.2) is 35.7 Å². The third-order valence-electron chi connectivity index (χ3n) is 4.30. The number of hydroxylamine groups is 1. The molecule has 0 amide bonds. The Morgan fingerprint density at radius 1 is 1.14 bits per heavy atom. The highest BCUT2D eigenvalue weighted by molar-refractivity contribution is 5.70. The molecule has 1 aromatic carbocycles. The largest absolute Gasteiger partial charge is 0.624 e. The van der Waals surface area contributed by atoms with Crippen LogP contribution in [0.3, 0.4) is 0 Å². The molecule has 1 aliphatic heterocycles. The highest BCUT2D eigenvalue weighted by Gasteiger charge is 2.28. The monoisotopic (exact) mass is 299 g/mol. The number of hydrogen-bond donors (Lipinski definition) is 1. The molecule has 2 rings (SSSR count). The van der Waals surface area contributed by atoms with Gasteiger partial charge >= 0.3 is 0 Å². The van der Waals surface area contributed by atoms with Crippen LogP contribution < -0.4 is 9.96 Å². The van der Waals surface area contributed by atoms with Crippen molar-refractivity contribution in [2.24, 2.45) is 0 Å². The highest BCUT2D eigenvalue weighted by atomic mass is 16.5. The topological polar surface area (TPSA) is 54.5 Å². The quantitative estimate of drug-likeness (QED) is 0.470. The van der Waals surface area contributed by atoms with Gasteiger partial charge in [-0.15, -0.1) is 0 Å². The number of allylic oxidation sites excluding steroid dienone is 2. The molecule has 0 bridgehead atoms. The normalized spacial score (nSPS) is 17.4. The van der Waals surface area contributed by atoms with Gasteiger partial charge in [0.15, 0.2) is 11.9 Å². The first-order valence-corrected chi connectivity index (χ1v) is 8.24. The maximum atomic E-state index is 12.5. The molecule has 1 N–H and O–H groups in total. The van der Waals surface area contributed by atoms with Crippen LogP contribution in [0.1, 0.15) is 58.8 Å². The number of fused-ring (bicyclic) bond motifs is 1. The van der Waals surface area contributed by atoms with Crippen LogP contribution in [0.25, 0.3) is 0 Å². The lowest BCUT2D eigenvalue weighted by atomic mass is 10.0. The molecule has 4 heteroatoms. The van der Waals surface area contributed by atoms with Gasteiger partial charge in [-0.1, -0.05) is 51.2 Å². The first kappa shape index (κ1) is 16.5. The van der Waals surface area contributed by atoms with E-state index >= 15 is 0 Å². The lowest BCUT2D eigenvalue weighted by molar-refractivity contribution is -0.732. The molecule has 1 aliphatic rings. The molecule has 0 aliphatic carbocycles. The predicted octanol–water partition coefficient (Wildman–Crippen LogP) is 3.98. The van der Waals surface area contributed by atoms with Crippen molar-refractivity contribution in [2.75, 3.05) is 4.90 Å². The van der Waals surface area contributed by atoms with Crippen molar-refractivity contribution in [3.8, 4) is 6.19 Å². The molecule has 0 saturated carbocycles. The van der Waals surface area contributed by atoms with E-state index in [2.05, 4.69) is 13.1 Å². The van der Waals surface area contributed by atoms with Gasteiger partial charge in [0.1, 0.15) is 11.4 Å². The van der Waals surface area contributed by atoms with Crippen molar-refractivity contribution in [1.82, 2.24) is 0 Å². The van der Waals surface area contributed by atoms with E-state index in [-0.39, 0.29) is 5.06 Å². The molecular weight excluding hydrogens is 274 g/mol. The van der Waals surface area contributed by atoms with Gasteiger partial charge in [-0.3, -0.25) is 0 Å². The summed E-state index contributed by atoms with van der Waals surface area (Å²) in [6.45, 7) is 4.05. The van der Waals surface area contributed by atoms with Gasteiger partial charge < -0.3 is 10.3 Å². The van der Waals surface area contributed by atoms with Crippen LogP contribution in [0.5, 0.6) is 0 Å². The van der Waals surface area contributed by atoms with Crippen molar-refractivity contribution in [2.45, 2.75) is 58.8 Å². The second-order valence-electron chi connectivity index (χ2n) is 5.87. The van der Waals surface area contributed by atoms with Crippen molar-refractivity contribution < 1.29 is 5.06 Å². The van der Waals surface area contributed by atoms with Gasteiger partial charge in [0.2, 0.25) is 0 Å². The molecule has 118 valence electrons. The smallest absolute Gasteiger partial charge is 0.189 e. The van der Waals surface area contributed by atoms with Gasteiger partial charge in [0.25, 0.3) is 0 Å². The minimum absolute atomic E-state index is 0.0584. The van der Waals surface area contributed by atoms with Crippen LogP contribution in [0, 0.1) is 16.7 Å². The standard InChI is InChI=1S/C18H25N3O/c1-3-4-5-6-7-8-11-16-15(2)21(22)18-13-10-9-12-17(18)20(16)14-19/h9-10,12-13,21H,3-8,11H2,1-2H3. The van der Waals surface area contributed by atoms with Crippen molar-refractivity contribution in [1.29, 1.82) is 5.26 Å². The van der Waals surface area contributed by atoms with E-state index in [4.69, 9.17) is 0 Å². The second kappa shape index (κ2) is 7.98. The summed E-state index contributed by atoms with van der Waals surface area (Å²) in [7, 11) is 0. The maximum absolute atomic E-state index is 12.5. The molecule has 1 aromatic rings. The molecule has 1 heterocycles. The maximum Gasteiger partial charge on any atom is 0.189 e. The van der Waals surface area contributed by atoms with Crippen molar-refractivity contribution in [3.05, 3.63) is 40.9 Å². The zero-order chi connectivity index (χ0) is 15.9.